The van der Waals surface area contributed by atoms with E-state index in [2.05, 4.69) is 22.9 Å². The predicted molar refractivity (Wildman–Crippen MR) is 101 cm³/mol. The normalized spacial score (nSPS) is 13.4. The maximum atomic E-state index is 12.6. The van der Waals surface area contributed by atoms with E-state index in [9.17, 15) is 4.79 Å². The predicted octanol–water partition coefficient (Wildman–Crippen LogP) is 4.06. The highest BCUT2D eigenvalue weighted by Crippen LogP contribution is 2.34. The fourth-order valence-corrected chi connectivity index (χ4v) is 3.86. The third-order valence-electron chi connectivity index (χ3n) is 4.44. The number of ether oxygens (including phenoxy) is 2. The molecule has 3 rings (SSSR count). The van der Waals surface area contributed by atoms with E-state index in [-0.39, 0.29) is 5.91 Å². The molecule has 0 fully saturated rings. The van der Waals surface area contributed by atoms with Crippen LogP contribution in [0.3, 0.4) is 0 Å². The second-order valence-electron chi connectivity index (χ2n) is 6.13. The molecule has 0 bridgehead atoms. The molecule has 1 aromatic heterocycles. The highest BCUT2D eigenvalue weighted by molar-refractivity contribution is 7.07. The average molecular weight is 359 g/mol. The summed E-state index contributed by atoms with van der Waals surface area (Å²) in [4.78, 5) is 14.5. The van der Waals surface area contributed by atoms with E-state index in [0.717, 1.165) is 30.9 Å². The van der Waals surface area contributed by atoms with E-state index in [1.54, 1.807) is 11.3 Å². The Morgan fingerprint density at radius 1 is 1.16 bits per heavy atom. The molecule has 5 heteroatoms. The summed E-state index contributed by atoms with van der Waals surface area (Å²) < 4.78 is 11.4. The summed E-state index contributed by atoms with van der Waals surface area (Å²) in [7, 11) is 0. The van der Waals surface area contributed by atoms with Crippen LogP contribution in [-0.2, 0) is 24.2 Å². The number of rotatable bonds is 7. The molecule has 0 atom stereocenters. The van der Waals surface area contributed by atoms with Crippen LogP contribution in [0.2, 0.25) is 0 Å². The van der Waals surface area contributed by atoms with E-state index < -0.39 is 0 Å². The zero-order chi connectivity index (χ0) is 17.6. The van der Waals surface area contributed by atoms with Gasteiger partial charge in [-0.3, -0.25) is 4.79 Å². The van der Waals surface area contributed by atoms with Crippen molar-refractivity contribution < 1.29 is 14.3 Å². The maximum absolute atomic E-state index is 12.6. The zero-order valence-corrected chi connectivity index (χ0v) is 15.7. The Bertz CT molecular complexity index is 712. The van der Waals surface area contributed by atoms with E-state index in [1.165, 1.54) is 16.7 Å². The number of hydrogen-bond acceptors (Lipinski definition) is 4. The Hall–Kier alpha value is -2.01. The first-order chi connectivity index (χ1) is 12.2. The fourth-order valence-electron chi connectivity index (χ4n) is 3.16. The van der Waals surface area contributed by atoms with Crippen LogP contribution in [0.5, 0.6) is 11.5 Å². The quantitative estimate of drug-likeness (QED) is 0.748. The Labute approximate surface area is 153 Å². The molecule has 1 amide bonds. The van der Waals surface area contributed by atoms with Gasteiger partial charge in [-0.05, 0) is 72.3 Å². The summed E-state index contributed by atoms with van der Waals surface area (Å²) in [5.41, 5.74) is 3.67. The van der Waals surface area contributed by atoms with Crippen LogP contribution in [0, 0.1) is 0 Å². The molecule has 0 spiro atoms. The molecule has 0 saturated carbocycles. The highest BCUT2D eigenvalue weighted by Gasteiger charge is 2.22. The minimum atomic E-state index is 0.226. The number of thiophene rings is 1. The van der Waals surface area contributed by atoms with Crippen LogP contribution >= 0.6 is 11.3 Å². The van der Waals surface area contributed by atoms with Crippen molar-refractivity contribution in [3.05, 3.63) is 45.6 Å². The summed E-state index contributed by atoms with van der Waals surface area (Å²) >= 11 is 1.68. The van der Waals surface area contributed by atoms with Crippen LogP contribution in [0.25, 0.3) is 0 Å². The standard InChI is InChI=1S/C20H25NO3S/c1-3-23-18-11-16-7-9-21(13-17(16)12-19(18)24-4-2)20(22)6-5-15-8-10-25-14-15/h8,10-12,14H,3-7,9,13H2,1-2H3. The maximum Gasteiger partial charge on any atom is 0.223 e. The van der Waals surface area contributed by atoms with Gasteiger partial charge in [-0.2, -0.15) is 11.3 Å². The number of hydrogen-bond donors (Lipinski definition) is 0. The van der Waals surface area contributed by atoms with Crippen molar-refractivity contribution in [3.8, 4) is 11.5 Å². The number of carbonyl (C=O) groups excluding carboxylic acids is 1. The minimum absolute atomic E-state index is 0.226. The molecule has 134 valence electrons. The van der Waals surface area contributed by atoms with Crippen LogP contribution in [0.4, 0.5) is 0 Å². The van der Waals surface area contributed by atoms with E-state index >= 15 is 0 Å². The lowest BCUT2D eigenvalue weighted by Gasteiger charge is -2.30. The first-order valence-corrected chi connectivity index (χ1v) is 9.85. The van der Waals surface area contributed by atoms with Gasteiger partial charge < -0.3 is 14.4 Å². The van der Waals surface area contributed by atoms with Gasteiger partial charge in [0.1, 0.15) is 0 Å². The van der Waals surface area contributed by atoms with E-state index in [0.29, 0.717) is 26.2 Å². The van der Waals surface area contributed by atoms with Gasteiger partial charge in [0, 0.05) is 19.5 Å². The molecule has 0 N–H and O–H groups in total. The lowest BCUT2D eigenvalue weighted by Crippen LogP contribution is -2.36. The monoisotopic (exact) mass is 359 g/mol. The smallest absolute Gasteiger partial charge is 0.223 e. The van der Waals surface area contributed by atoms with E-state index in [4.69, 9.17) is 9.47 Å². The van der Waals surface area contributed by atoms with Gasteiger partial charge in [-0.25, -0.2) is 0 Å². The highest BCUT2D eigenvalue weighted by atomic mass is 32.1. The van der Waals surface area contributed by atoms with Gasteiger partial charge in [-0.1, -0.05) is 0 Å². The molecule has 0 aliphatic carbocycles. The molecular formula is C20H25NO3S. The second kappa shape index (κ2) is 8.39. The summed E-state index contributed by atoms with van der Waals surface area (Å²) in [5, 5.41) is 4.17. The molecule has 2 heterocycles. The number of fused-ring (bicyclic) bond motifs is 1. The minimum Gasteiger partial charge on any atom is -0.490 e. The Morgan fingerprint density at radius 3 is 2.52 bits per heavy atom. The largest absolute Gasteiger partial charge is 0.490 e. The third kappa shape index (κ3) is 4.34. The SMILES string of the molecule is CCOc1cc2c(cc1OCC)CN(C(=O)CCc1ccsc1)CC2. The molecule has 1 aliphatic heterocycles. The topological polar surface area (TPSA) is 38.8 Å². The molecule has 1 aromatic carbocycles. The molecular weight excluding hydrogens is 334 g/mol. The van der Waals surface area contributed by atoms with Crippen molar-refractivity contribution in [1.29, 1.82) is 0 Å². The second-order valence-corrected chi connectivity index (χ2v) is 6.91. The van der Waals surface area contributed by atoms with Crippen LogP contribution < -0.4 is 9.47 Å². The molecule has 0 radical (unpaired) electrons. The van der Waals surface area contributed by atoms with Gasteiger partial charge in [0.05, 0.1) is 13.2 Å². The Balaban J connectivity index is 1.69. The van der Waals surface area contributed by atoms with Crippen LogP contribution in [-0.4, -0.2) is 30.6 Å². The number of benzene rings is 1. The van der Waals surface area contributed by atoms with Crippen LogP contribution in [0.1, 0.15) is 37.0 Å². The fraction of sp³-hybridized carbons (Fsp3) is 0.450. The van der Waals surface area contributed by atoms with Gasteiger partial charge in [0.2, 0.25) is 5.91 Å². The van der Waals surface area contributed by atoms with Crippen molar-refractivity contribution in [2.45, 2.75) is 39.7 Å². The van der Waals surface area contributed by atoms with Gasteiger partial charge in [0.25, 0.3) is 0 Å². The van der Waals surface area contributed by atoms with Gasteiger partial charge in [-0.15, -0.1) is 0 Å². The first kappa shape index (κ1) is 17.8. The molecule has 2 aromatic rings. The molecule has 1 aliphatic rings. The zero-order valence-electron chi connectivity index (χ0n) is 14.9. The summed E-state index contributed by atoms with van der Waals surface area (Å²) in [6.45, 7) is 6.59. The van der Waals surface area contributed by atoms with Gasteiger partial charge >= 0.3 is 0 Å². The van der Waals surface area contributed by atoms with Crippen molar-refractivity contribution in [3.63, 3.8) is 0 Å². The number of aryl methyl sites for hydroxylation is 1. The Kier molecular flexibility index (Phi) is 5.97. The van der Waals surface area contributed by atoms with Crippen LogP contribution in [0.15, 0.2) is 29.0 Å². The van der Waals surface area contributed by atoms with Crippen molar-refractivity contribution in [2.24, 2.45) is 0 Å². The summed E-state index contributed by atoms with van der Waals surface area (Å²) in [6.07, 6.45) is 2.26. The summed E-state index contributed by atoms with van der Waals surface area (Å²) in [6, 6.07) is 6.21. The van der Waals surface area contributed by atoms with Gasteiger partial charge in [0.15, 0.2) is 11.5 Å². The summed E-state index contributed by atoms with van der Waals surface area (Å²) in [5.74, 6) is 1.81. The van der Waals surface area contributed by atoms with E-state index in [1.807, 2.05) is 24.8 Å². The lowest BCUT2D eigenvalue weighted by atomic mass is 9.98. The Morgan fingerprint density at radius 2 is 1.88 bits per heavy atom. The third-order valence-corrected chi connectivity index (χ3v) is 5.17. The number of amides is 1. The number of carbonyl (C=O) groups is 1. The molecule has 0 saturated heterocycles. The molecule has 25 heavy (non-hydrogen) atoms. The first-order valence-electron chi connectivity index (χ1n) is 8.91. The lowest BCUT2D eigenvalue weighted by molar-refractivity contribution is -0.132. The average Bonchev–Trinajstić information content (AvgIpc) is 3.14. The number of nitrogens with zero attached hydrogens (tertiary/aromatic N) is 1. The van der Waals surface area contributed by atoms with Crippen molar-refractivity contribution in [2.75, 3.05) is 19.8 Å². The van der Waals surface area contributed by atoms with Crippen molar-refractivity contribution in [1.82, 2.24) is 4.90 Å². The van der Waals surface area contributed by atoms with Crippen molar-refractivity contribution >= 4 is 17.2 Å². The molecule has 0 unspecified atom stereocenters. The molecule has 4 nitrogen and oxygen atoms in total.